The molecule has 1 aliphatic carbocycles. The maximum absolute atomic E-state index is 12.7. The van der Waals surface area contributed by atoms with Crippen molar-refractivity contribution in [3.05, 3.63) is 11.8 Å². The van der Waals surface area contributed by atoms with Crippen molar-refractivity contribution in [2.24, 2.45) is 28.9 Å². The highest BCUT2D eigenvalue weighted by Crippen LogP contribution is 2.37. The number of aliphatic hydroxyl groups is 4. The Balaban J connectivity index is 1.92. The van der Waals surface area contributed by atoms with E-state index in [4.69, 9.17) is 42.6 Å². The van der Waals surface area contributed by atoms with Crippen LogP contribution in [-0.4, -0.2) is 126 Å². The summed E-state index contributed by atoms with van der Waals surface area (Å²) < 4.78 is 17.9. The highest BCUT2D eigenvalue weighted by atomic mass is 16.7. The fourth-order valence-electron chi connectivity index (χ4n) is 5.85. The molecule has 230 valence electrons. The zero-order chi connectivity index (χ0) is 29.8. The Bertz CT molecular complexity index is 910. The Kier molecular flexibility index (Phi) is 11.1. The largest absolute Gasteiger partial charge is 0.491 e. The second-order valence-electron chi connectivity index (χ2n) is 10.9. The molecule has 16 nitrogen and oxygen atoms in total. The van der Waals surface area contributed by atoms with Gasteiger partial charge in [-0.3, -0.25) is 10.2 Å². The van der Waals surface area contributed by atoms with Crippen LogP contribution in [0.5, 0.6) is 0 Å². The van der Waals surface area contributed by atoms with Crippen molar-refractivity contribution in [2.75, 3.05) is 26.7 Å². The van der Waals surface area contributed by atoms with Gasteiger partial charge in [0.05, 0.1) is 37.4 Å². The number of likely N-dealkylation sites (N-methyl/N-ethyl adjacent to an activating group) is 1. The van der Waals surface area contributed by atoms with E-state index in [2.05, 4.69) is 16.0 Å². The number of ether oxygens (including phenoxy) is 3. The number of rotatable bonds is 10. The van der Waals surface area contributed by atoms with Crippen molar-refractivity contribution in [2.45, 2.75) is 92.8 Å². The molecule has 3 aliphatic rings. The second kappa shape index (κ2) is 13.7. The third-order valence-electron chi connectivity index (χ3n) is 7.86. The van der Waals surface area contributed by atoms with E-state index in [1.807, 2.05) is 0 Å². The summed E-state index contributed by atoms with van der Waals surface area (Å²) in [5.74, 6) is -1.34. The van der Waals surface area contributed by atoms with E-state index in [1.165, 1.54) is 6.92 Å². The van der Waals surface area contributed by atoms with Crippen LogP contribution in [-0.2, 0) is 19.0 Å². The zero-order valence-corrected chi connectivity index (χ0v) is 22.9. The lowest BCUT2D eigenvalue weighted by Crippen LogP contribution is -2.70. The summed E-state index contributed by atoms with van der Waals surface area (Å²) in [6.45, 7) is 1.51. The molecule has 40 heavy (non-hydrogen) atoms. The monoisotopic (exact) mass is 574 g/mol. The first kappa shape index (κ1) is 32.4. The molecule has 0 radical (unpaired) electrons. The van der Waals surface area contributed by atoms with Gasteiger partial charge in [0.1, 0.15) is 35.8 Å². The average molecular weight is 575 g/mol. The summed E-state index contributed by atoms with van der Waals surface area (Å²) in [5.41, 5.74) is 22.0. The molecule has 1 amide bonds. The lowest BCUT2D eigenvalue weighted by atomic mass is 9.72. The number of aliphatic hydroxyl groups excluding tert-OH is 3. The van der Waals surface area contributed by atoms with Crippen molar-refractivity contribution >= 4 is 11.9 Å². The van der Waals surface area contributed by atoms with E-state index in [0.29, 0.717) is 12.2 Å². The molecule has 2 aliphatic heterocycles. The molecular weight excluding hydrogens is 528 g/mol. The van der Waals surface area contributed by atoms with Gasteiger partial charge in [-0.1, -0.05) is 0 Å². The number of guanidine groups is 1. The van der Waals surface area contributed by atoms with Gasteiger partial charge in [0.15, 0.2) is 12.2 Å². The van der Waals surface area contributed by atoms with Crippen LogP contribution >= 0.6 is 0 Å². The average Bonchev–Trinajstić information content (AvgIpc) is 2.88. The molecule has 0 aromatic heterocycles. The van der Waals surface area contributed by atoms with Gasteiger partial charge in [0.2, 0.25) is 5.91 Å². The molecule has 2 heterocycles. The first-order valence-corrected chi connectivity index (χ1v) is 13.5. The molecule has 0 aromatic carbocycles. The molecule has 2 fully saturated rings. The molecule has 0 spiro atoms. The highest BCUT2D eigenvalue weighted by molar-refractivity contribution is 5.80. The third kappa shape index (κ3) is 7.20. The molecule has 3 rings (SSSR count). The topological polar surface area (TPSA) is 290 Å². The molecule has 0 bridgehead atoms. The number of nitrogens with two attached hydrogens (primary N) is 4. The molecule has 16 heteroatoms. The first-order chi connectivity index (χ1) is 18.8. The van der Waals surface area contributed by atoms with Gasteiger partial charge >= 0.3 is 0 Å². The van der Waals surface area contributed by atoms with Gasteiger partial charge in [0, 0.05) is 12.0 Å². The predicted molar refractivity (Wildman–Crippen MR) is 143 cm³/mol. The van der Waals surface area contributed by atoms with Crippen LogP contribution in [0.4, 0.5) is 0 Å². The minimum atomic E-state index is -1.41. The fraction of sp³-hybridized carbons (Fsp3) is 0.833. The number of carbonyl (C=O) groups is 1. The van der Waals surface area contributed by atoms with Gasteiger partial charge in [0.25, 0.3) is 0 Å². The number of hydrogen-bond acceptors (Lipinski definition) is 13. The van der Waals surface area contributed by atoms with Gasteiger partial charge in [-0.25, -0.2) is 0 Å². The Morgan fingerprint density at radius 3 is 2.58 bits per heavy atom. The molecule has 0 aromatic rings. The molecular formula is C24H46N8O8. The van der Waals surface area contributed by atoms with Crippen molar-refractivity contribution in [3.63, 3.8) is 0 Å². The van der Waals surface area contributed by atoms with Gasteiger partial charge in [-0.2, -0.15) is 0 Å². The van der Waals surface area contributed by atoms with E-state index in [1.54, 1.807) is 13.1 Å². The van der Waals surface area contributed by atoms with Crippen LogP contribution in [0.15, 0.2) is 11.8 Å². The van der Waals surface area contributed by atoms with Crippen LogP contribution in [0.3, 0.4) is 0 Å². The summed E-state index contributed by atoms with van der Waals surface area (Å²) in [6, 6.07) is -3.00. The summed E-state index contributed by atoms with van der Waals surface area (Å²) in [6.07, 6.45) is -5.11. The maximum atomic E-state index is 12.7. The van der Waals surface area contributed by atoms with Crippen LogP contribution in [0, 0.1) is 11.3 Å². The minimum Gasteiger partial charge on any atom is -0.491 e. The number of hydrogen-bond donors (Lipinski definition) is 12. The van der Waals surface area contributed by atoms with Crippen LogP contribution in [0.25, 0.3) is 0 Å². The van der Waals surface area contributed by atoms with Crippen LogP contribution in [0.2, 0.25) is 0 Å². The van der Waals surface area contributed by atoms with Crippen molar-refractivity contribution in [1.82, 2.24) is 16.0 Å². The summed E-state index contributed by atoms with van der Waals surface area (Å²) in [4.78, 5) is 12.7. The first-order valence-electron chi connectivity index (χ1n) is 13.5. The summed E-state index contributed by atoms with van der Waals surface area (Å²) in [7, 11) is 1.57. The Labute approximate surface area is 233 Å². The number of nitrogens with one attached hydrogen (secondary N) is 4. The number of carbonyl (C=O) groups excluding carboxylic acids is 1. The lowest BCUT2D eigenvalue weighted by molar-refractivity contribution is -0.297. The Hall–Kier alpha value is -2.12. The van der Waals surface area contributed by atoms with Crippen LogP contribution in [0.1, 0.15) is 26.2 Å². The normalized spacial score (nSPS) is 40.9. The quantitative estimate of drug-likeness (QED) is 0.0858. The lowest BCUT2D eigenvalue weighted by Gasteiger charge is -2.51. The van der Waals surface area contributed by atoms with E-state index < -0.39 is 78.4 Å². The predicted octanol–water partition coefficient (Wildman–Crippen LogP) is -5.19. The SMILES string of the molecule is CN[C@@H]1[C@@H](O)[C@@H](O[C@H]2[C@H](NC(=O)[C@@H](O)CCN)C[C@H](N)C([C@H]3OC(CN)=CC[C@H]3NC(=N)N)[C@@H]2O)OC[C@]1(C)O. The van der Waals surface area contributed by atoms with Crippen molar-refractivity contribution in [1.29, 1.82) is 5.41 Å². The third-order valence-corrected chi connectivity index (χ3v) is 7.86. The van der Waals surface area contributed by atoms with Gasteiger partial charge < -0.3 is 73.5 Å². The molecule has 1 saturated heterocycles. The van der Waals surface area contributed by atoms with Crippen molar-refractivity contribution < 1.29 is 39.4 Å². The maximum Gasteiger partial charge on any atom is 0.249 e. The highest BCUT2D eigenvalue weighted by Gasteiger charge is 2.53. The smallest absolute Gasteiger partial charge is 0.249 e. The van der Waals surface area contributed by atoms with Gasteiger partial charge in [-0.15, -0.1) is 0 Å². The van der Waals surface area contributed by atoms with E-state index in [9.17, 15) is 25.2 Å². The summed E-state index contributed by atoms with van der Waals surface area (Å²) >= 11 is 0. The zero-order valence-electron chi connectivity index (χ0n) is 22.9. The fourth-order valence-corrected chi connectivity index (χ4v) is 5.85. The minimum absolute atomic E-state index is 0.0210. The Morgan fingerprint density at radius 1 is 1.27 bits per heavy atom. The standard InChI is InChI=1S/C24H46N8O8/c1-24(37)9-38-22(17(35)20(24)30-2)40-19-13(31-21(36)14(33)5-6-25)7-11(27)15(16(19)34)18-12(32-23(28)29)4-3-10(8-26)39-18/h3,11-20,22,30,33-35,37H,4-9,25-27H2,1-2H3,(H,31,36)(H4,28,29,32)/t11-,12+,13+,14-,15?,16-,17+,18-,19-,20+,22+,24-/m0/s1. The molecule has 1 unspecified atom stereocenters. The van der Waals surface area contributed by atoms with Crippen LogP contribution < -0.4 is 38.9 Å². The van der Waals surface area contributed by atoms with E-state index in [-0.39, 0.29) is 38.5 Å². The molecule has 1 saturated carbocycles. The Morgan fingerprint density at radius 2 is 1.98 bits per heavy atom. The van der Waals surface area contributed by atoms with Crippen molar-refractivity contribution in [3.8, 4) is 0 Å². The van der Waals surface area contributed by atoms with E-state index >= 15 is 0 Å². The van der Waals surface area contributed by atoms with Gasteiger partial charge in [-0.05, 0) is 45.9 Å². The molecule has 16 N–H and O–H groups in total. The van der Waals surface area contributed by atoms with E-state index in [0.717, 1.165) is 0 Å². The molecule has 12 atom stereocenters. The summed E-state index contributed by atoms with van der Waals surface area (Å²) in [5, 5.41) is 59.6. The second-order valence-corrected chi connectivity index (χ2v) is 10.9. The number of amides is 1.